The predicted octanol–water partition coefficient (Wildman–Crippen LogP) is 3.31. The molecule has 1 unspecified atom stereocenters. The van der Waals surface area contributed by atoms with Crippen molar-refractivity contribution in [2.45, 2.75) is 26.0 Å². The Labute approximate surface area is 163 Å². The van der Waals surface area contributed by atoms with Gasteiger partial charge in [0.15, 0.2) is 0 Å². The van der Waals surface area contributed by atoms with Gasteiger partial charge in [-0.25, -0.2) is 4.98 Å². The van der Waals surface area contributed by atoms with E-state index >= 15 is 0 Å². The summed E-state index contributed by atoms with van der Waals surface area (Å²) in [6, 6.07) is 8.42. The van der Waals surface area contributed by atoms with Crippen molar-refractivity contribution in [3.05, 3.63) is 35.3 Å². The van der Waals surface area contributed by atoms with Crippen LogP contribution in [0.25, 0.3) is 21.6 Å². The van der Waals surface area contributed by atoms with E-state index in [0.29, 0.717) is 6.61 Å². The first-order chi connectivity index (χ1) is 13.2. The number of anilines is 1. The van der Waals surface area contributed by atoms with Crippen molar-refractivity contribution in [2.75, 3.05) is 38.2 Å². The molecule has 144 valence electrons. The molecule has 3 heterocycles. The van der Waals surface area contributed by atoms with Gasteiger partial charge in [-0.1, -0.05) is 12.1 Å². The van der Waals surface area contributed by atoms with Gasteiger partial charge in [0.2, 0.25) is 0 Å². The molecule has 6 nitrogen and oxygen atoms in total. The second-order valence-corrected chi connectivity index (χ2v) is 8.00. The second kappa shape index (κ2) is 8.39. The molecule has 1 aliphatic heterocycles. The standard InChI is InChI=1S/C20H26N4O2S/c1-2-26-9-7-21-17-5-3-4-14-10-18(23-19(14)17)20-22-11-16(27-20)13-24-8-6-15(25)12-24/h3-5,10-11,15,21,23,25H,2,6-9,12-13H2,1H3. The van der Waals surface area contributed by atoms with E-state index in [2.05, 4.69) is 44.5 Å². The highest BCUT2D eigenvalue weighted by Crippen LogP contribution is 2.31. The number of nitrogens with one attached hydrogen (secondary N) is 2. The van der Waals surface area contributed by atoms with Crippen LogP contribution in [0.1, 0.15) is 18.2 Å². The summed E-state index contributed by atoms with van der Waals surface area (Å²) < 4.78 is 5.41. The highest BCUT2D eigenvalue weighted by Gasteiger charge is 2.21. The highest BCUT2D eigenvalue weighted by molar-refractivity contribution is 7.15. The molecule has 0 saturated carbocycles. The van der Waals surface area contributed by atoms with Crippen molar-refractivity contribution in [2.24, 2.45) is 0 Å². The number of aliphatic hydroxyl groups excluding tert-OH is 1. The van der Waals surface area contributed by atoms with Gasteiger partial charge in [-0.15, -0.1) is 11.3 Å². The number of likely N-dealkylation sites (tertiary alicyclic amines) is 1. The molecule has 4 rings (SSSR count). The van der Waals surface area contributed by atoms with Crippen LogP contribution in [0.15, 0.2) is 30.5 Å². The summed E-state index contributed by atoms with van der Waals surface area (Å²) in [5, 5.41) is 15.3. The number of β-amino-alcohol motifs (C(OH)–C–C–N with tert-alkyl or cyclic N) is 1. The Bertz CT molecular complexity index is 891. The molecule has 3 N–H and O–H groups in total. The summed E-state index contributed by atoms with van der Waals surface area (Å²) in [5.41, 5.74) is 3.23. The largest absolute Gasteiger partial charge is 0.392 e. The molecule has 0 amide bonds. The number of ether oxygens (including phenoxy) is 1. The summed E-state index contributed by atoms with van der Waals surface area (Å²) in [6.45, 7) is 6.80. The second-order valence-electron chi connectivity index (χ2n) is 6.89. The normalized spacial score (nSPS) is 17.8. The molecular formula is C20H26N4O2S. The van der Waals surface area contributed by atoms with Crippen LogP contribution in [0.3, 0.4) is 0 Å². The molecule has 1 saturated heterocycles. The van der Waals surface area contributed by atoms with Gasteiger partial charge in [0.25, 0.3) is 0 Å². The van der Waals surface area contributed by atoms with Crippen molar-refractivity contribution in [3.63, 3.8) is 0 Å². The van der Waals surface area contributed by atoms with Crippen LogP contribution >= 0.6 is 11.3 Å². The van der Waals surface area contributed by atoms with Crippen molar-refractivity contribution < 1.29 is 9.84 Å². The van der Waals surface area contributed by atoms with Crippen LogP contribution in [0.2, 0.25) is 0 Å². The zero-order valence-corrected chi connectivity index (χ0v) is 16.4. The van der Waals surface area contributed by atoms with Gasteiger partial charge < -0.3 is 20.1 Å². The summed E-state index contributed by atoms with van der Waals surface area (Å²) in [7, 11) is 0. The number of rotatable bonds is 8. The molecule has 3 aromatic rings. The van der Waals surface area contributed by atoms with Gasteiger partial charge >= 0.3 is 0 Å². The monoisotopic (exact) mass is 386 g/mol. The van der Waals surface area contributed by atoms with E-state index in [4.69, 9.17) is 4.74 Å². The minimum atomic E-state index is -0.181. The quantitative estimate of drug-likeness (QED) is 0.518. The molecule has 1 fully saturated rings. The number of hydrogen-bond donors (Lipinski definition) is 3. The first kappa shape index (κ1) is 18.4. The van der Waals surface area contributed by atoms with Crippen LogP contribution in [0.5, 0.6) is 0 Å². The SMILES string of the molecule is CCOCCNc1cccc2cc(-c3ncc(CN4CCC(O)C4)s3)[nH]c12. The van der Waals surface area contributed by atoms with E-state index in [1.54, 1.807) is 11.3 Å². The van der Waals surface area contributed by atoms with Gasteiger partial charge in [0.1, 0.15) is 5.01 Å². The summed E-state index contributed by atoms with van der Waals surface area (Å²) in [5.74, 6) is 0. The number of para-hydroxylation sites is 1. The van der Waals surface area contributed by atoms with Gasteiger partial charge in [-0.2, -0.15) is 0 Å². The molecule has 0 aliphatic carbocycles. The minimum absolute atomic E-state index is 0.181. The number of aromatic nitrogens is 2. The average Bonchev–Trinajstić information content (AvgIpc) is 3.38. The Morgan fingerprint density at radius 3 is 3.19 bits per heavy atom. The Morgan fingerprint density at radius 1 is 1.44 bits per heavy atom. The van der Waals surface area contributed by atoms with Crippen LogP contribution in [0, 0.1) is 0 Å². The number of nitrogens with zero attached hydrogens (tertiary/aromatic N) is 2. The van der Waals surface area contributed by atoms with E-state index in [1.807, 2.05) is 13.1 Å². The fraction of sp³-hybridized carbons (Fsp3) is 0.450. The van der Waals surface area contributed by atoms with Crippen molar-refractivity contribution in [1.82, 2.24) is 14.9 Å². The van der Waals surface area contributed by atoms with Crippen molar-refractivity contribution >= 4 is 27.9 Å². The maximum absolute atomic E-state index is 9.69. The molecule has 2 aromatic heterocycles. The number of thiazole rings is 1. The van der Waals surface area contributed by atoms with Crippen LogP contribution in [-0.2, 0) is 11.3 Å². The summed E-state index contributed by atoms with van der Waals surface area (Å²) in [4.78, 5) is 11.7. The minimum Gasteiger partial charge on any atom is -0.392 e. The van der Waals surface area contributed by atoms with Crippen LogP contribution in [-0.4, -0.2) is 58.9 Å². The lowest BCUT2D eigenvalue weighted by Gasteiger charge is -2.12. The molecule has 0 spiro atoms. The predicted molar refractivity (Wildman–Crippen MR) is 110 cm³/mol. The molecule has 27 heavy (non-hydrogen) atoms. The third-order valence-electron chi connectivity index (χ3n) is 4.83. The van der Waals surface area contributed by atoms with E-state index in [0.717, 1.165) is 61.1 Å². The molecule has 0 bridgehead atoms. The van der Waals surface area contributed by atoms with Gasteiger partial charge in [0.05, 0.1) is 29.6 Å². The number of hydrogen-bond acceptors (Lipinski definition) is 6. The first-order valence-electron chi connectivity index (χ1n) is 9.52. The number of H-pyrrole nitrogens is 1. The lowest BCUT2D eigenvalue weighted by atomic mass is 10.2. The maximum Gasteiger partial charge on any atom is 0.139 e. The van der Waals surface area contributed by atoms with E-state index < -0.39 is 0 Å². The van der Waals surface area contributed by atoms with E-state index in [1.165, 1.54) is 10.3 Å². The number of fused-ring (bicyclic) bond motifs is 1. The van der Waals surface area contributed by atoms with E-state index in [-0.39, 0.29) is 6.10 Å². The molecular weight excluding hydrogens is 360 g/mol. The lowest BCUT2D eigenvalue weighted by molar-refractivity contribution is 0.158. The van der Waals surface area contributed by atoms with Gasteiger partial charge in [-0.05, 0) is 25.5 Å². The fourth-order valence-corrected chi connectivity index (χ4v) is 4.43. The Morgan fingerprint density at radius 2 is 2.37 bits per heavy atom. The van der Waals surface area contributed by atoms with Crippen LogP contribution in [0.4, 0.5) is 5.69 Å². The topological polar surface area (TPSA) is 73.4 Å². The molecule has 1 aliphatic rings. The average molecular weight is 387 g/mol. The van der Waals surface area contributed by atoms with E-state index in [9.17, 15) is 5.11 Å². The third kappa shape index (κ3) is 4.32. The molecule has 7 heteroatoms. The first-order valence-corrected chi connectivity index (χ1v) is 10.3. The summed E-state index contributed by atoms with van der Waals surface area (Å²) >= 11 is 1.71. The van der Waals surface area contributed by atoms with Crippen molar-refractivity contribution in [3.8, 4) is 10.7 Å². The lowest BCUT2D eigenvalue weighted by Crippen LogP contribution is -2.20. The fourth-order valence-electron chi connectivity index (χ4n) is 3.50. The number of aromatic amines is 1. The molecule has 1 aromatic carbocycles. The molecule has 0 radical (unpaired) electrons. The van der Waals surface area contributed by atoms with Crippen LogP contribution < -0.4 is 5.32 Å². The van der Waals surface area contributed by atoms with Gasteiger partial charge in [0, 0.05) is 49.2 Å². The zero-order chi connectivity index (χ0) is 18.6. The molecule has 1 atom stereocenters. The summed E-state index contributed by atoms with van der Waals surface area (Å²) in [6.07, 6.45) is 2.64. The Kier molecular flexibility index (Phi) is 5.73. The zero-order valence-electron chi connectivity index (χ0n) is 15.6. The Hall–Kier alpha value is -1.93. The third-order valence-corrected chi connectivity index (χ3v) is 5.85. The van der Waals surface area contributed by atoms with Gasteiger partial charge in [-0.3, -0.25) is 4.90 Å². The highest BCUT2D eigenvalue weighted by atomic mass is 32.1. The number of aliphatic hydroxyl groups is 1. The Balaban J connectivity index is 1.49. The smallest absolute Gasteiger partial charge is 0.139 e. The maximum atomic E-state index is 9.69. The number of benzene rings is 1. The van der Waals surface area contributed by atoms with Crippen molar-refractivity contribution in [1.29, 1.82) is 0 Å².